The molecule has 0 atom stereocenters. The summed E-state index contributed by atoms with van der Waals surface area (Å²) in [5.74, 6) is 0.838. The molecule has 1 aromatic heterocycles. The highest BCUT2D eigenvalue weighted by Gasteiger charge is 2.04. The van der Waals surface area contributed by atoms with E-state index < -0.39 is 0 Å². The average molecular weight is 188 g/mol. The van der Waals surface area contributed by atoms with E-state index >= 15 is 0 Å². The van der Waals surface area contributed by atoms with Crippen LogP contribution in [0.1, 0.15) is 5.56 Å². The van der Waals surface area contributed by atoms with Crippen LogP contribution in [0.4, 0.5) is 0 Å². The number of benzene rings is 1. The average Bonchev–Trinajstić information content (AvgIpc) is 2.27. The van der Waals surface area contributed by atoms with Crippen molar-refractivity contribution in [3.05, 3.63) is 36.2 Å². The van der Waals surface area contributed by atoms with E-state index in [-0.39, 0.29) is 0 Å². The van der Waals surface area contributed by atoms with Gasteiger partial charge in [0.05, 0.1) is 7.11 Å². The van der Waals surface area contributed by atoms with Gasteiger partial charge >= 0.3 is 0 Å². The summed E-state index contributed by atoms with van der Waals surface area (Å²) in [5.41, 5.74) is 6.76. The molecule has 72 valence electrons. The van der Waals surface area contributed by atoms with Crippen molar-refractivity contribution in [3.63, 3.8) is 0 Å². The van der Waals surface area contributed by atoms with E-state index in [0.717, 1.165) is 22.1 Å². The maximum Gasteiger partial charge on any atom is 0.128 e. The minimum atomic E-state index is 0.532. The van der Waals surface area contributed by atoms with Gasteiger partial charge in [0, 0.05) is 24.3 Å². The minimum Gasteiger partial charge on any atom is -0.496 e. The summed E-state index contributed by atoms with van der Waals surface area (Å²) in [6.07, 6.45) is 3.56. The van der Waals surface area contributed by atoms with Crippen LogP contribution < -0.4 is 10.5 Å². The van der Waals surface area contributed by atoms with E-state index in [1.165, 1.54) is 0 Å². The highest BCUT2D eigenvalue weighted by Crippen LogP contribution is 2.27. The molecule has 0 bridgehead atoms. The van der Waals surface area contributed by atoms with E-state index in [0.29, 0.717) is 6.54 Å². The Morgan fingerprint density at radius 1 is 1.29 bits per heavy atom. The number of aromatic nitrogens is 1. The topological polar surface area (TPSA) is 48.1 Å². The lowest BCUT2D eigenvalue weighted by molar-refractivity contribution is 0.419. The van der Waals surface area contributed by atoms with Crippen molar-refractivity contribution in [1.82, 2.24) is 4.98 Å². The fourth-order valence-corrected chi connectivity index (χ4v) is 1.58. The lowest BCUT2D eigenvalue weighted by Gasteiger charge is -2.07. The number of ether oxygens (including phenoxy) is 1. The first-order valence-electron chi connectivity index (χ1n) is 4.46. The molecule has 1 heterocycles. The molecule has 2 aromatic rings. The van der Waals surface area contributed by atoms with E-state index in [1.807, 2.05) is 18.2 Å². The van der Waals surface area contributed by atoms with Gasteiger partial charge in [-0.1, -0.05) is 6.07 Å². The molecule has 0 amide bonds. The Labute approximate surface area is 82.5 Å². The highest BCUT2D eigenvalue weighted by molar-refractivity contribution is 5.90. The second-order valence-electron chi connectivity index (χ2n) is 3.05. The third kappa shape index (κ3) is 1.32. The fourth-order valence-electron chi connectivity index (χ4n) is 1.58. The standard InChI is InChI=1S/C11H12N2O/c1-14-11-3-2-8(6-12)9-4-5-13-7-10(9)11/h2-5,7H,6,12H2,1H3. The Bertz CT molecular complexity index is 411. The zero-order chi connectivity index (χ0) is 9.97. The van der Waals surface area contributed by atoms with Gasteiger partial charge in [0.1, 0.15) is 5.75 Å². The van der Waals surface area contributed by atoms with Crippen LogP contribution in [0.15, 0.2) is 30.6 Å². The van der Waals surface area contributed by atoms with Crippen molar-refractivity contribution in [3.8, 4) is 5.75 Å². The van der Waals surface area contributed by atoms with Crippen molar-refractivity contribution >= 4 is 10.8 Å². The number of hydrogen-bond acceptors (Lipinski definition) is 3. The van der Waals surface area contributed by atoms with Gasteiger partial charge in [-0.3, -0.25) is 4.98 Å². The predicted octanol–water partition coefficient (Wildman–Crippen LogP) is 1.70. The predicted molar refractivity (Wildman–Crippen MR) is 56.2 cm³/mol. The number of pyridine rings is 1. The van der Waals surface area contributed by atoms with Crippen LogP contribution in [0, 0.1) is 0 Å². The molecule has 14 heavy (non-hydrogen) atoms. The number of fused-ring (bicyclic) bond motifs is 1. The van der Waals surface area contributed by atoms with Crippen LogP contribution in [-0.2, 0) is 6.54 Å². The minimum absolute atomic E-state index is 0.532. The molecule has 0 aliphatic carbocycles. The van der Waals surface area contributed by atoms with Gasteiger partial charge < -0.3 is 10.5 Å². The van der Waals surface area contributed by atoms with Crippen LogP contribution >= 0.6 is 0 Å². The molecule has 2 N–H and O–H groups in total. The lowest BCUT2D eigenvalue weighted by atomic mass is 10.1. The van der Waals surface area contributed by atoms with Gasteiger partial charge in [-0.15, -0.1) is 0 Å². The van der Waals surface area contributed by atoms with Gasteiger partial charge in [-0.2, -0.15) is 0 Å². The SMILES string of the molecule is COc1ccc(CN)c2ccncc12. The summed E-state index contributed by atoms with van der Waals surface area (Å²) < 4.78 is 5.25. The summed E-state index contributed by atoms with van der Waals surface area (Å²) in [4.78, 5) is 4.08. The molecule has 0 aliphatic heterocycles. The summed E-state index contributed by atoms with van der Waals surface area (Å²) in [7, 11) is 1.66. The molecule has 0 saturated carbocycles. The van der Waals surface area contributed by atoms with Crippen molar-refractivity contribution in [1.29, 1.82) is 0 Å². The molecular weight excluding hydrogens is 176 g/mol. The first-order valence-corrected chi connectivity index (χ1v) is 4.46. The molecule has 3 heteroatoms. The molecule has 2 rings (SSSR count). The van der Waals surface area contributed by atoms with Crippen molar-refractivity contribution in [2.24, 2.45) is 5.73 Å². The second kappa shape index (κ2) is 3.64. The fraction of sp³-hybridized carbons (Fsp3) is 0.182. The smallest absolute Gasteiger partial charge is 0.128 e. The third-order valence-corrected chi connectivity index (χ3v) is 2.31. The molecule has 0 fully saturated rings. The van der Waals surface area contributed by atoms with Crippen molar-refractivity contribution < 1.29 is 4.74 Å². The monoisotopic (exact) mass is 188 g/mol. The van der Waals surface area contributed by atoms with E-state index in [2.05, 4.69) is 4.98 Å². The molecule has 0 saturated heterocycles. The Balaban J connectivity index is 2.78. The van der Waals surface area contributed by atoms with Crippen LogP contribution in [-0.4, -0.2) is 12.1 Å². The van der Waals surface area contributed by atoms with Crippen LogP contribution in [0.3, 0.4) is 0 Å². The van der Waals surface area contributed by atoms with Gasteiger partial charge in [-0.25, -0.2) is 0 Å². The van der Waals surface area contributed by atoms with Crippen LogP contribution in [0.5, 0.6) is 5.75 Å². The zero-order valence-electron chi connectivity index (χ0n) is 8.03. The molecular formula is C11H12N2O. The molecule has 1 aromatic carbocycles. The van der Waals surface area contributed by atoms with Gasteiger partial charge in [-0.05, 0) is 23.1 Å². The maximum absolute atomic E-state index is 5.65. The van der Waals surface area contributed by atoms with Gasteiger partial charge in [0.2, 0.25) is 0 Å². The largest absolute Gasteiger partial charge is 0.496 e. The van der Waals surface area contributed by atoms with Gasteiger partial charge in [0.25, 0.3) is 0 Å². The Hall–Kier alpha value is -1.61. The van der Waals surface area contributed by atoms with E-state index in [9.17, 15) is 0 Å². The summed E-state index contributed by atoms with van der Waals surface area (Å²) in [5, 5.41) is 2.12. The summed E-state index contributed by atoms with van der Waals surface area (Å²) >= 11 is 0. The van der Waals surface area contributed by atoms with Crippen molar-refractivity contribution in [2.45, 2.75) is 6.54 Å². The van der Waals surface area contributed by atoms with Gasteiger partial charge in [0.15, 0.2) is 0 Å². The molecule has 3 nitrogen and oxygen atoms in total. The Kier molecular flexibility index (Phi) is 2.33. The van der Waals surface area contributed by atoms with Crippen LogP contribution in [0.2, 0.25) is 0 Å². The molecule has 0 unspecified atom stereocenters. The summed E-state index contributed by atoms with van der Waals surface area (Å²) in [6, 6.07) is 5.87. The van der Waals surface area contributed by atoms with E-state index in [4.69, 9.17) is 10.5 Å². The molecule has 0 aliphatic rings. The number of methoxy groups -OCH3 is 1. The van der Waals surface area contributed by atoms with E-state index in [1.54, 1.807) is 19.5 Å². The molecule has 0 radical (unpaired) electrons. The van der Waals surface area contributed by atoms with Crippen LogP contribution in [0.25, 0.3) is 10.8 Å². The third-order valence-electron chi connectivity index (χ3n) is 2.31. The zero-order valence-corrected chi connectivity index (χ0v) is 8.03. The quantitative estimate of drug-likeness (QED) is 0.780. The lowest BCUT2D eigenvalue weighted by Crippen LogP contribution is -1.98. The highest BCUT2D eigenvalue weighted by atomic mass is 16.5. The first kappa shape index (κ1) is 8.97. The number of nitrogens with zero attached hydrogens (tertiary/aromatic N) is 1. The first-order chi connectivity index (χ1) is 6.86. The second-order valence-corrected chi connectivity index (χ2v) is 3.05. The number of rotatable bonds is 2. The molecule has 0 spiro atoms. The normalized spacial score (nSPS) is 10.4. The van der Waals surface area contributed by atoms with Crippen molar-refractivity contribution in [2.75, 3.05) is 7.11 Å². The Morgan fingerprint density at radius 2 is 2.14 bits per heavy atom. The number of nitrogens with two attached hydrogens (primary N) is 1. The Morgan fingerprint density at radius 3 is 2.86 bits per heavy atom. The number of hydrogen-bond donors (Lipinski definition) is 1. The maximum atomic E-state index is 5.65. The summed E-state index contributed by atoms with van der Waals surface area (Å²) in [6.45, 7) is 0.532.